The van der Waals surface area contributed by atoms with Crippen LogP contribution in [0, 0.1) is 6.92 Å². The minimum atomic E-state index is -3.70. The van der Waals surface area contributed by atoms with Crippen LogP contribution in [0.2, 0.25) is 0 Å². The molecule has 1 aromatic heterocycles. The lowest BCUT2D eigenvalue weighted by Crippen LogP contribution is -2.33. The highest BCUT2D eigenvalue weighted by Gasteiger charge is 2.26. The normalized spacial score (nSPS) is 11.8. The molecule has 1 amide bonds. The molecule has 3 rings (SSSR count). The van der Waals surface area contributed by atoms with Crippen molar-refractivity contribution in [3.63, 3.8) is 0 Å². The maximum absolute atomic E-state index is 13.4. The quantitative estimate of drug-likeness (QED) is 0.580. The number of benzene rings is 2. The fraction of sp³-hybridized carbons (Fsp3) is 0.238. The van der Waals surface area contributed by atoms with Crippen LogP contribution in [0.3, 0.4) is 0 Å². The van der Waals surface area contributed by atoms with Crippen molar-refractivity contribution in [3.8, 4) is 0 Å². The average molecular weight is 430 g/mol. The molecule has 0 spiro atoms. The molecule has 2 aromatic carbocycles. The Hall–Kier alpha value is -2.55. The van der Waals surface area contributed by atoms with Gasteiger partial charge in [-0.25, -0.2) is 13.4 Å². The maximum atomic E-state index is 13.4. The Morgan fingerprint density at radius 1 is 1.07 bits per heavy atom. The number of hydrogen-bond donors (Lipinski definition) is 0. The van der Waals surface area contributed by atoms with Crippen molar-refractivity contribution in [1.29, 1.82) is 0 Å². The van der Waals surface area contributed by atoms with Crippen LogP contribution in [-0.2, 0) is 10.0 Å². The Morgan fingerprint density at radius 3 is 2.34 bits per heavy atom. The number of hydrogen-bond acceptors (Lipinski definition) is 5. The molecule has 29 heavy (non-hydrogen) atoms. The standard InChI is InChI=1S/C21H23N3O3S2/c1-15(2)23(4)29(26,27)19-12-8-9-17(13-19)20(25)24(18-10-6-5-7-11-18)21-22-16(3)14-28-21/h5-15H,1-4H3. The summed E-state index contributed by atoms with van der Waals surface area (Å²) in [6, 6.07) is 15.1. The zero-order valence-corrected chi connectivity index (χ0v) is 18.4. The lowest BCUT2D eigenvalue weighted by atomic mass is 10.2. The Bertz CT molecular complexity index is 1110. The van der Waals surface area contributed by atoms with Gasteiger partial charge >= 0.3 is 0 Å². The summed E-state index contributed by atoms with van der Waals surface area (Å²) in [6.45, 7) is 5.46. The summed E-state index contributed by atoms with van der Waals surface area (Å²) in [6.07, 6.45) is 0. The number of rotatable bonds is 6. The molecule has 8 heteroatoms. The van der Waals surface area contributed by atoms with Gasteiger partial charge in [0, 0.05) is 24.0 Å². The zero-order chi connectivity index (χ0) is 21.2. The van der Waals surface area contributed by atoms with Gasteiger partial charge < -0.3 is 0 Å². The number of para-hydroxylation sites is 1. The molecular formula is C21H23N3O3S2. The second-order valence-corrected chi connectivity index (χ2v) is 9.72. The SMILES string of the molecule is Cc1csc(N(C(=O)c2cccc(S(=O)(=O)N(C)C(C)C)c2)c2ccccc2)n1. The van der Waals surface area contributed by atoms with Gasteiger partial charge in [-0.05, 0) is 51.1 Å². The van der Waals surface area contributed by atoms with Gasteiger partial charge in [0.2, 0.25) is 10.0 Å². The maximum Gasteiger partial charge on any atom is 0.264 e. The average Bonchev–Trinajstić information content (AvgIpc) is 3.14. The lowest BCUT2D eigenvalue weighted by Gasteiger charge is -2.22. The van der Waals surface area contributed by atoms with E-state index in [4.69, 9.17) is 0 Å². The van der Waals surface area contributed by atoms with Crippen LogP contribution >= 0.6 is 11.3 Å². The number of aryl methyl sites for hydroxylation is 1. The molecule has 0 N–H and O–H groups in total. The Kier molecular flexibility index (Phi) is 6.16. The van der Waals surface area contributed by atoms with Gasteiger partial charge in [0.15, 0.2) is 5.13 Å². The van der Waals surface area contributed by atoms with Crippen molar-refractivity contribution in [2.45, 2.75) is 31.7 Å². The fourth-order valence-electron chi connectivity index (χ4n) is 2.70. The van der Waals surface area contributed by atoms with Gasteiger partial charge in [-0.1, -0.05) is 24.3 Å². The van der Waals surface area contributed by atoms with Gasteiger partial charge in [0.1, 0.15) is 0 Å². The monoisotopic (exact) mass is 429 g/mol. The molecule has 0 aliphatic carbocycles. The number of sulfonamides is 1. The molecule has 3 aromatic rings. The zero-order valence-electron chi connectivity index (χ0n) is 16.7. The van der Waals surface area contributed by atoms with Crippen LogP contribution in [0.5, 0.6) is 0 Å². The van der Waals surface area contributed by atoms with E-state index < -0.39 is 10.0 Å². The molecular weight excluding hydrogens is 406 g/mol. The van der Waals surface area contributed by atoms with Gasteiger partial charge in [-0.15, -0.1) is 11.3 Å². The molecule has 0 bridgehead atoms. The van der Waals surface area contributed by atoms with E-state index in [1.807, 2.05) is 42.6 Å². The van der Waals surface area contributed by atoms with E-state index in [0.717, 1.165) is 5.69 Å². The third-order valence-corrected chi connectivity index (χ3v) is 7.47. The first-order valence-electron chi connectivity index (χ1n) is 9.11. The molecule has 6 nitrogen and oxygen atoms in total. The molecule has 0 fully saturated rings. The van der Waals surface area contributed by atoms with Crippen molar-refractivity contribution in [2.24, 2.45) is 0 Å². The summed E-state index contributed by atoms with van der Waals surface area (Å²) in [4.78, 5) is 19.5. The summed E-state index contributed by atoms with van der Waals surface area (Å²) in [7, 11) is -2.16. The summed E-state index contributed by atoms with van der Waals surface area (Å²) < 4.78 is 27.0. The minimum absolute atomic E-state index is 0.0860. The Balaban J connectivity index is 2.06. The predicted octanol–water partition coefficient (Wildman–Crippen LogP) is 4.46. The predicted molar refractivity (Wildman–Crippen MR) is 116 cm³/mol. The number of carbonyl (C=O) groups excluding carboxylic acids is 1. The van der Waals surface area contributed by atoms with Gasteiger partial charge in [0.05, 0.1) is 16.3 Å². The van der Waals surface area contributed by atoms with Crippen molar-refractivity contribution < 1.29 is 13.2 Å². The van der Waals surface area contributed by atoms with E-state index in [2.05, 4.69) is 4.98 Å². The van der Waals surface area contributed by atoms with E-state index in [-0.39, 0.29) is 22.4 Å². The van der Waals surface area contributed by atoms with Crippen molar-refractivity contribution >= 4 is 38.1 Å². The molecule has 0 radical (unpaired) electrons. The van der Waals surface area contributed by atoms with Crippen LogP contribution in [-0.4, -0.2) is 36.7 Å². The Labute approximate surface area is 175 Å². The molecule has 0 atom stereocenters. The van der Waals surface area contributed by atoms with Gasteiger partial charge in [-0.2, -0.15) is 4.31 Å². The van der Waals surface area contributed by atoms with Crippen LogP contribution in [0.15, 0.2) is 64.9 Å². The number of anilines is 2. The van der Waals surface area contributed by atoms with Crippen LogP contribution in [0.4, 0.5) is 10.8 Å². The van der Waals surface area contributed by atoms with Crippen LogP contribution in [0.1, 0.15) is 29.9 Å². The lowest BCUT2D eigenvalue weighted by molar-refractivity contribution is 0.0999. The topological polar surface area (TPSA) is 70.6 Å². The minimum Gasteiger partial charge on any atom is -0.268 e. The summed E-state index contributed by atoms with van der Waals surface area (Å²) >= 11 is 1.36. The van der Waals surface area contributed by atoms with Gasteiger partial charge in [0.25, 0.3) is 5.91 Å². The number of nitrogens with zero attached hydrogens (tertiary/aromatic N) is 3. The molecule has 0 saturated carbocycles. The molecule has 0 aliphatic rings. The third kappa shape index (κ3) is 4.39. The van der Waals surface area contributed by atoms with Crippen LogP contribution in [0.25, 0.3) is 0 Å². The molecule has 152 valence electrons. The Morgan fingerprint density at radius 2 is 1.76 bits per heavy atom. The highest BCUT2D eigenvalue weighted by molar-refractivity contribution is 7.89. The van der Waals surface area contributed by atoms with Crippen molar-refractivity contribution in [3.05, 3.63) is 71.2 Å². The summed E-state index contributed by atoms with van der Waals surface area (Å²) in [5, 5.41) is 2.41. The first-order chi connectivity index (χ1) is 13.7. The molecule has 1 heterocycles. The second kappa shape index (κ2) is 8.44. The van der Waals surface area contributed by atoms with E-state index in [1.54, 1.807) is 26.0 Å². The fourth-order valence-corrected chi connectivity index (χ4v) is 4.93. The first kappa shape index (κ1) is 21.2. The van der Waals surface area contributed by atoms with E-state index in [0.29, 0.717) is 10.8 Å². The number of aromatic nitrogens is 1. The van der Waals surface area contributed by atoms with E-state index >= 15 is 0 Å². The number of thiazole rings is 1. The highest BCUT2D eigenvalue weighted by Crippen LogP contribution is 2.30. The van der Waals surface area contributed by atoms with Crippen molar-refractivity contribution in [2.75, 3.05) is 11.9 Å². The van der Waals surface area contributed by atoms with E-state index in [9.17, 15) is 13.2 Å². The summed E-state index contributed by atoms with van der Waals surface area (Å²) in [5.74, 6) is -0.338. The van der Waals surface area contributed by atoms with Crippen LogP contribution < -0.4 is 4.90 Å². The second-order valence-electron chi connectivity index (χ2n) is 6.89. The van der Waals surface area contributed by atoms with Gasteiger partial charge in [-0.3, -0.25) is 9.69 Å². The highest BCUT2D eigenvalue weighted by atomic mass is 32.2. The largest absolute Gasteiger partial charge is 0.268 e. The summed E-state index contributed by atoms with van der Waals surface area (Å²) in [5.41, 5.74) is 1.76. The van der Waals surface area contributed by atoms with Crippen molar-refractivity contribution in [1.82, 2.24) is 9.29 Å². The number of amides is 1. The third-order valence-electron chi connectivity index (χ3n) is 4.50. The molecule has 0 unspecified atom stereocenters. The molecule has 0 aliphatic heterocycles. The smallest absolute Gasteiger partial charge is 0.264 e. The first-order valence-corrected chi connectivity index (χ1v) is 11.4. The van der Waals surface area contributed by atoms with E-state index in [1.165, 1.54) is 39.7 Å². The number of carbonyl (C=O) groups is 1. The molecule has 0 saturated heterocycles.